The van der Waals surface area contributed by atoms with Crippen molar-refractivity contribution in [2.75, 3.05) is 19.5 Å². The summed E-state index contributed by atoms with van der Waals surface area (Å²) in [6, 6.07) is 11.5. The number of benzene rings is 2. The second-order valence-corrected chi connectivity index (χ2v) is 11.9. The van der Waals surface area contributed by atoms with Crippen molar-refractivity contribution in [1.29, 1.82) is 0 Å². The molecule has 0 N–H and O–H groups in total. The lowest BCUT2D eigenvalue weighted by Crippen LogP contribution is -2.33. The van der Waals surface area contributed by atoms with Crippen molar-refractivity contribution in [3.8, 4) is 11.5 Å². The van der Waals surface area contributed by atoms with E-state index in [0.717, 1.165) is 26.9 Å². The Morgan fingerprint density at radius 2 is 1.84 bits per heavy atom. The van der Waals surface area contributed by atoms with Crippen molar-refractivity contribution >= 4 is 38.5 Å². The van der Waals surface area contributed by atoms with E-state index in [-0.39, 0.29) is 16.4 Å². The fraction of sp³-hybridized carbons (Fsp3) is 0.440. The number of rotatable bonds is 9. The first-order valence-electron chi connectivity index (χ1n) is 10.7. The second kappa shape index (κ2) is 10.1. The SMILES string of the molecule is COc1ccc(CI)cc1S(=O)(=O)CN(Cc1ccc2c(c1)C=CC(C)(C)O2)CC(C)C. The summed E-state index contributed by atoms with van der Waals surface area (Å²) in [5.41, 5.74) is 2.72. The van der Waals surface area contributed by atoms with Crippen LogP contribution in [0.25, 0.3) is 6.08 Å². The summed E-state index contributed by atoms with van der Waals surface area (Å²) in [6.07, 6.45) is 4.12. The number of fused-ring (bicyclic) bond motifs is 1. The van der Waals surface area contributed by atoms with Crippen LogP contribution >= 0.6 is 22.6 Å². The summed E-state index contributed by atoms with van der Waals surface area (Å²) in [4.78, 5) is 2.25. The quantitative estimate of drug-likeness (QED) is 0.287. The first-order chi connectivity index (χ1) is 15.0. The van der Waals surface area contributed by atoms with E-state index in [1.54, 1.807) is 12.1 Å². The number of alkyl halides is 1. The zero-order chi connectivity index (χ0) is 23.5. The molecule has 0 unspecified atom stereocenters. The number of hydrogen-bond donors (Lipinski definition) is 0. The number of sulfone groups is 1. The maximum absolute atomic E-state index is 13.4. The second-order valence-electron chi connectivity index (χ2n) is 9.18. The van der Waals surface area contributed by atoms with Crippen molar-refractivity contribution in [2.24, 2.45) is 5.92 Å². The highest BCUT2D eigenvalue weighted by Gasteiger charge is 2.25. The lowest BCUT2D eigenvalue weighted by atomic mass is 10.0. The van der Waals surface area contributed by atoms with Crippen molar-refractivity contribution in [2.45, 2.75) is 49.2 Å². The van der Waals surface area contributed by atoms with E-state index in [1.807, 2.05) is 43.0 Å². The minimum absolute atomic E-state index is 0.0668. The molecule has 0 spiro atoms. The van der Waals surface area contributed by atoms with E-state index in [2.05, 4.69) is 48.6 Å². The lowest BCUT2D eigenvalue weighted by Gasteiger charge is -2.29. The molecular weight excluding hydrogens is 537 g/mol. The third-order valence-corrected chi connectivity index (χ3v) is 7.79. The lowest BCUT2D eigenvalue weighted by molar-refractivity contribution is 0.159. The largest absolute Gasteiger partial charge is 0.495 e. The van der Waals surface area contributed by atoms with Gasteiger partial charge in [0.2, 0.25) is 0 Å². The van der Waals surface area contributed by atoms with Gasteiger partial charge in [0.05, 0.1) is 7.11 Å². The van der Waals surface area contributed by atoms with Crippen LogP contribution in [-0.4, -0.2) is 38.5 Å². The fourth-order valence-electron chi connectivity index (χ4n) is 3.82. The van der Waals surface area contributed by atoms with Gasteiger partial charge < -0.3 is 9.47 Å². The molecule has 0 fully saturated rings. The number of nitrogens with zero attached hydrogens (tertiary/aromatic N) is 1. The van der Waals surface area contributed by atoms with Crippen LogP contribution in [0.4, 0.5) is 0 Å². The maximum Gasteiger partial charge on any atom is 0.195 e. The average molecular weight is 570 g/mol. The van der Waals surface area contributed by atoms with Crippen LogP contribution in [0.5, 0.6) is 11.5 Å². The molecular formula is C25H32INO4S. The zero-order valence-electron chi connectivity index (χ0n) is 19.4. The number of halogens is 1. The molecule has 0 amide bonds. The van der Waals surface area contributed by atoms with Gasteiger partial charge in [-0.25, -0.2) is 8.42 Å². The molecule has 0 saturated heterocycles. The van der Waals surface area contributed by atoms with Crippen LogP contribution in [0, 0.1) is 5.92 Å². The average Bonchev–Trinajstić information content (AvgIpc) is 2.72. The molecule has 1 aliphatic heterocycles. The van der Waals surface area contributed by atoms with Crippen LogP contribution < -0.4 is 9.47 Å². The molecule has 0 atom stereocenters. The molecule has 32 heavy (non-hydrogen) atoms. The van der Waals surface area contributed by atoms with Crippen LogP contribution in [0.15, 0.2) is 47.4 Å². The van der Waals surface area contributed by atoms with Gasteiger partial charge in [0, 0.05) is 23.1 Å². The molecule has 0 bridgehead atoms. The highest BCUT2D eigenvalue weighted by Crippen LogP contribution is 2.32. The first kappa shape index (κ1) is 25.1. The molecule has 7 heteroatoms. The Balaban J connectivity index is 1.87. The molecule has 0 saturated carbocycles. The number of ether oxygens (including phenoxy) is 2. The molecule has 3 rings (SSSR count). The first-order valence-corrected chi connectivity index (χ1v) is 13.9. The van der Waals surface area contributed by atoms with Gasteiger partial charge in [-0.05, 0) is 61.2 Å². The summed E-state index contributed by atoms with van der Waals surface area (Å²) in [6.45, 7) is 9.46. The van der Waals surface area contributed by atoms with Crippen molar-refractivity contribution < 1.29 is 17.9 Å². The number of hydrogen-bond acceptors (Lipinski definition) is 5. The predicted molar refractivity (Wildman–Crippen MR) is 138 cm³/mol. The molecule has 2 aromatic rings. The summed E-state index contributed by atoms with van der Waals surface area (Å²) in [7, 11) is -2.07. The Morgan fingerprint density at radius 3 is 2.50 bits per heavy atom. The van der Waals surface area contributed by atoms with Gasteiger partial charge in [0.15, 0.2) is 9.84 Å². The molecule has 1 aliphatic rings. The van der Waals surface area contributed by atoms with Gasteiger partial charge in [0.1, 0.15) is 27.9 Å². The monoisotopic (exact) mass is 569 g/mol. The summed E-state index contributed by atoms with van der Waals surface area (Å²) < 4.78 is 38.9. The van der Waals surface area contributed by atoms with Crippen molar-refractivity contribution in [1.82, 2.24) is 4.90 Å². The van der Waals surface area contributed by atoms with E-state index >= 15 is 0 Å². The van der Waals surface area contributed by atoms with Crippen LogP contribution in [0.2, 0.25) is 0 Å². The van der Waals surface area contributed by atoms with E-state index in [4.69, 9.17) is 9.47 Å². The van der Waals surface area contributed by atoms with Crippen LogP contribution in [0.1, 0.15) is 44.4 Å². The highest BCUT2D eigenvalue weighted by molar-refractivity contribution is 14.1. The maximum atomic E-state index is 13.4. The van der Waals surface area contributed by atoms with Gasteiger partial charge in [-0.3, -0.25) is 4.90 Å². The normalized spacial score (nSPS) is 15.0. The molecule has 0 radical (unpaired) electrons. The minimum Gasteiger partial charge on any atom is -0.495 e. The Labute approximate surface area is 205 Å². The Kier molecular flexibility index (Phi) is 7.93. The zero-order valence-corrected chi connectivity index (χ0v) is 22.4. The standard InChI is InChI=1S/C25H32INO4S/c1-18(2)15-27(16-20-7-8-22-21(12-20)10-11-25(3,4)31-22)17-32(28,29)24-13-19(14-26)6-9-23(24)30-5/h6-13,18H,14-17H2,1-5H3. The molecule has 5 nitrogen and oxygen atoms in total. The van der Waals surface area contributed by atoms with Gasteiger partial charge in [-0.2, -0.15) is 0 Å². The van der Waals surface area contributed by atoms with Crippen LogP contribution in [-0.2, 0) is 20.8 Å². The van der Waals surface area contributed by atoms with Gasteiger partial charge in [-0.1, -0.05) is 54.6 Å². The van der Waals surface area contributed by atoms with Gasteiger partial charge >= 0.3 is 0 Å². The predicted octanol–water partition coefficient (Wildman–Crippen LogP) is 5.70. The van der Waals surface area contributed by atoms with E-state index in [9.17, 15) is 8.42 Å². The summed E-state index contributed by atoms with van der Waals surface area (Å²) >= 11 is 2.24. The third kappa shape index (κ3) is 6.26. The van der Waals surface area contributed by atoms with E-state index < -0.39 is 9.84 Å². The highest BCUT2D eigenvalue weighted by atomic mass is 127. The minimum atomic E-state index is -3.57. The van der Waals surface area contributed by atoms with E-state index in [1.165, 1.54) is 7.11 Å². The fourth-order valence-corrected chi connectivity index (χ4v) is 5.90. The molecule has 0 aliphatic carbocycles. The van der Waals surface area contributed by atoms with Crippen molar-refractivity contribution in [3.63, 3.8) is 0 Å². The molecule has 2 aromatic carbocycles. The Hall–Kier alpha value is -1.58. The molecule has 1 heterocycles. The summed E-state index contributed by atoms with van der Waals surface area (Å²) in [5, 5.41) is 0. The Bertz CT molecular complexity index is 1090. The van der Waals surface area contributed by atoms with Crippen LogP contribution in [0.3, 0.4) is 0 Å². The van der Waals surface area contributed by atoms with E-state index in [0.29, 0.717) is 24.8 Å². The van der Waals surface area contributed by atoms with Gasteiger partial charge in [0.25, 0.3) is 0 Å². The molecule has 174 valence electrons. The topological polar surface area (TPSA) is 55.8 Å². The molecule has 0 aromatic heterocycles. The number of methoxy groups -OCH3 is 1. The van der Waals surface area contributed by atoms with Crippen molar-refractivity contribution in [3.05, 3.63) is 59.2 Å². The smallest absolute Gasteiger partial charge is 0.195 e. The summed E-state index contributed by atoms with van der Waals surface area (Å²) in [5.74, 6) is 1.50. The van der Waals surface area contributed by atoms with Gasteiger partial charge in [-0.15, -0.1) is 0 Å². The third-order valence-electron chi connectivity index (χ3n) is 5.21. The Morgan fingerprint density at radius 1 is 1.12 bits per heavy atom.